The molecule has 0 radical (unpaired) electrons. The van der Waals surface area contributed by atoms with Crippen LogP contribution in [0.3, 0.4) is 0 Å². The topological polar surface area (TPSA) is 101 Å². The van der Waals surface area contributed by atoms with Gasteiger partial charge in [0.15, 0.2) is 9.84 Å². The second kappa shape index (κ2) is 6.15. The fourth-order valence-corrected chi connectivity index (χ4v) is 5.15. The Morgan fingerprint density at radius 1 is 1.52 bits per heavy atom. The summed E-state index contributed by atoms with van der Waals surface area (Å²) >= 11 is 1.52. The van der Waals surface area contributed by atoms with Crippen LogP contribution in [0.1, 0.15) is 17.3 Å². The average molecular weight is 330 g/mol. The van der Waals surface area contributed by atoms with Gasteiger partial charge in [-0.15, -0.1) is 0 Å². The first-order valence-corrected chi connectivity index (χ1v) is 9.42. The summed E-state index contributed by atoms with van der Waals surface area (Å²) in [5.41, 5.74) is 6.13. The van der Waals surface area contributed by atoms with Crippen molar-refractivity contribution in [1.29, 1.82) is 0 Å². The van der Waals surface area contributed by atoms with E-state index in [1.807, 2.05) is 0 Å². The molecule has 1 atom stereocenters. The fraction of sp³-hybridized carbons (Fsp3) is 0.462. The van der Waals surface area contributed by atoms with Crippen LogP contribution in [0.15, 0.2) is 18.2 Å². The highest BCUT2D eigenvalue weighted by Gasteiger charge is 2.36. The van der Waals surface area contributed by atoms with Gasteiger partial charge in [0.2, 0.25) is 0 Å². The third-order valence-corrected chi connectivity index (χ3v) is 6.72. The lowest BCUT2D eigenvalue weighted by molar-refractivity contribution is 0.0750. The number of hydrogen-bond acceptors (Lipinski definition) is 6. The number of anilines is 1. The number of carbonyl (C=O) groups excluding carboxylic acids is 1. The van der Waals surface area contributed by atoms with Crippen molar-refractivity contribution in [3.05, 3.63) is 23.8 Å². The van der Waals surface area contributed by atoms with Crippen molar-refractivity contribution < 1.29 is 18.3 Å². The number of phenolic OH excluding ortho intramolecular Hbond substituents is 1. The lowest BCUT2D eigenvalue weighted by Gasteiger charge is -2.35. The van der Waals surface area contributed by atoms with Gasteiger partial charge in [0.05, 0.1) is 5.56 Å². The molecule has 3 N–H and O–H groups in total. The van der Waals surface area contributed by atoms with Gasteiger partial charge < -0.3 is 15.7 Å². The molecule has 1 aliphatic rings. The smallest absolute Gasteiger partial charge is 0.257 e. The van der Waals surface area contributed by atoms with Crippen molar-refractivity contribution in [2.24, 2.45) is 0 Å². The SMILES string of the molecule is CCS(=O)(=O)C1CSCCN1C(=O)c1cc(O)ccc1N. The number of nitrogens with two attached hydrogens (primary N) is 1. The number of phenols is 1. The van der Waals surface area contributed by atoms with E-state index in [1.54, 1.807) is 6.92 Å². The second-order valence-electron chi connectivity index (χ2n) is 4.75. The largest absolute Gasteiger partial charge is 0.508 e. The Balaban J connectivity index is 2.37. The fourth-order valence-electron chi connectivity index (χ4n) is 2.19. The summed E-state index contributed by atoms with van der Waals surface area (Å²) < 4.78 is 24.3. The molecule has 6 nitrogen and oxygen atoms in total. The number of sulfone groups is 1. The highest BCUT2D eigenvalue weighted by atomic mass is 32.2. The first kappa shape index (κ1) is 16.0. The van der Waals surface area contributed by atoms with Gasteiger partial charge in [-0.25, -0.2) is 8.42 Å². The maximum atomic E-state index is 12.6. The monoisotopic (exact) mass is 330 g/mol. The summed E-state index contributed by atoms with van der Waals surface area (Å²) in [7, 11) is -3.37. The van der Waals surface area contributed by atoms with Gasteiger partial charge in [-0.1, -0.05) is 6.92 Å². The molecule has 0 aliphatic carbocycles. The standard InChI is InChI=1S/C13H18N2O4S2/c1-2-21(18,19)12-8-20-6-5-15(12)13(17)10-7-9(16)3-4-11(10)14/h3-4,7,12,16H,2,5-6,8,14H2,1H3. The molecule has 2 rings (SSSR count). The van der Waals surface area contributed by atoms with E-state index in [0.717, 1.165) is 0 Å². The van der Waals surface area contributed by atoms with E-state index in [-0.39, 0.29) is 22.8 Å². The number of rotatable bonds is 3. The van der Waals surface area contributed by atoms with E-state index in [0.29, 0.717) is 18.1 Å². The molecule has 1 amide bonds. The molecule has 1 fully saturated rings. The third kappa shape index (κ3) is 3.26. The minimum atomic E-state index is -3.37. The van der Waals surface area contributed by atoms with Crippen LogP contribution in [0.5, 0.6) is 5.75 Å². The van der Waals surface area contributed by atoms with Gasteiger partial charge in [-0.05, 0) is 18.2 Å². The molecule has 1 saturated heterocycles. The molecule has 1 aromatic carbocycles. The van der Waals surface area contributed by atoms with Gasteiger partial charge in [0, 0.05) is 29.5 Å². The zero-order valence-electron chi connectivity index (χ0n) is 11.7. The van der Waals surface area contributed by atoms with Crippen molar-refractivity contribution in [3.63, 3.8) is 0 Å². The summed E-state index contributed by atoms with van der Waals surface area (Å²) in [5.74, 6) is 0.498. The highest BCUT2D eigenvalue weighted by molar-refractivity contribution is 8.01. The predicted molar refractivity (Wildman–Crippen MR) is 84.1 cm³/mol. The normalized spacial score (nSPS) is 19.5. The van der Waals surface area contributed by atoms with Crippen LogP contribution in [0.2, 0.25) is 0 Å². The molecule has 1 aromatic rings. The van der Waals surface area contributed by atoms with Crippen LogP contribution < -0.4 is 5.73 Å². The molecule has 116 valence electrons. The third-order valence-electron chi connectivity index (χ3n) is 3.43. The van der Waals surface area contributed by atoms with Crippen LogP contribution in [0, 0.1) is 0 Å². The highest BCUT2D eigenvalue weighted by Crippen LogP contribution is 2.26. The van der Waals surface area contributed by atoms with E-state index < -0.39 is 21.1 Å². The van der Waals surface area contributed by atoms with Gasteiger partial charge in [0.25, 0.3) is 5.91 Å². The zero-order valence-corrected chi connectivity index (χ0v) is 13.3. The average Bonchev–Trinajstić information content (AvgIpc) is 2.49. The Kier molecular flexibility index (Phi) is 4.67. The molecule has 1 unspecified atom stereocenters. The first-order valence-electron chi connectivity index (χ1n) is 6.55. The van der Waals surface area contributed by atoms with Crippen molar-refractivity contribution in [2.75, 3.05) is 29.5 Å². The van der Waals surface area contributed by atoms with Crippen LogP contribution in [0.4, 0.5) is 5.69 Å². The number of nitrogens with zero attached hydrogens (tertiary/aromatic N) is 1. The Morgan fingerprint density at radius 3 is 2.90 bits per heavy atom. The number of amides is 1. The van der Waals surface area contributed by atoms with Crippen molar-refractivity contribution >= 4 is 33.2 Å². The van der Waals surface area contributed by atoms with E-state index in [4.69, 9.17) is 5.73 Å². The zero-order chi connectivity index (χ0) is 15.6. The molecule has 8 heteroatoms. The van der Waals surface area contributed by atoms with E-state index in [1.165, 1.54) is 34.9 Å². The second-order valence-corrected chi connectivity index (χ2v) is 8.35. The van der Waals surface area contributed by atoms with E-state index in [9.17, 15) is 18.3 Å². The number of nitrogen functional groups attached to an aromatic ring is 1. The maximum absolute atomic E-state index is 12.6. The van der Waals surface area contributed by atoms with Crippen LogP contribution >= 0.6 is 11.8 Å². The summed E-state index contributed by atoms with van der Waals surface area (Å²) in [6.45, 7) is 1.92. The Hall–Kier alpha value is -1.41. The Bertz CT molecular complexity index is 646. The molecule has 0 aromatic heterocycles. The van der Waals surface area contributed by atoms with Crippen molar-refractivity contribution in [3.8, 4) is 5.75 Å². The summed E-state index contributed by atoms with van der Waals surface area (Å²) in [6.07, 6.45) is 0. The quantitative estimate of drug-likeness (QED) is 0.631. The molecule has 1 aliphatic heterocycles. The van der Waals surface area contributed by atoms with Gasteiger partial charge in [-0.2, -0.15) is 11.8 Å². The predicted octanol–water partition coefficient (Wildman–Crippen LogP) is 0.924. The number of benzene rings is 1. The van der Waals surface area contributed by atoms with Gasteiger partial charge in [-0.3, -0.25) is 4.79 Å². The summed E-state index contributed by atoms with van der Waals surface area (Å²) in [5, 5.41) is 8.67. The first-order chi connectivity index (χ1) is 9.86. The Morgan fingerprint density at radius 2 is 2.24 bits per heavy atom. The van der Waals surface area contributed by atoms with Crippen molar-refractivity contribution in [1.82, 2.24) is 4.90 Å². The molecule has 21 heavy (non-hydrogen) atoms. The lowest BCUT2D eigenvalue weighted by atomic mass is 10.1. The minimum Gasteiger partial charge on any atom is -0.508 e. The van der Waals surface area contributed by atoms with Crippen LogP contribution in [-0.4, -0.2) is 53.5 Å². The number of carbonyl (C=O) groups is 1. The lowest BCUT2D eigenvalue weighted by Crippen LogP contribution is -2.50. The van der Waals surface area contributed by atoms with Gasteiger partial charge >= 0.3 is 0 Å². The molecular weight excluding hydrogens is 312 g/mol. The number of aromatic hydroxyl groups is 1. The van der Waals surface area contributed by atoms with E-state index in [2.05, 4.69) is 0 Å². The number of thioether (sulfide) groups is 1. The number of hydrogen-bond donors (Lipinski definition) is 2. The molecule has 0 bridgehead atoms. The molecule has 0 saturated carbocycles. The molecule has 0 spiro atoms. The summed E-state index contributed by atoms with van der Waals surface area (Å²) in [6, 6.07) is 4.10. The van der Waals surface area contributed by atoms with Crippen LogP contribution in [-0.2, 0) is 9.84 Å². The summed E-state index contributed by atoms with van der Waals surface area (Å²) in [4.78, 5) is 14.0. The van der Waals surface area contributed by atoms with Crippen molar-refractivity contribution in [2.45, 2.75) is 12.3 Å². The van der Waals surface area contributed by atoms with Gasteiger partial charge in [0.1, 0.15) is 11.1 Å². The van der Waals surface area contributed by atoms with Crippen LogP contribution in [0.25, 0.3) is 0 Å². The Labute approximate surface area is 128 Å². The molecule has 1 heterocycles. The maximum Gasteiger partial charge on any atom is 0.257 e. The van der Waals surface area contributed by atoms with E-state index >= 15 is 0 Å². The minimum absolute atomic E-state index is 0.0163. The molecular formula is C13H18N2O4S2.